The Morgan fingerprint density at radius 3 is 2.40 bits per heavy atom. The van der Waals surface area contributed by atoms with Gasteiger partial charge < -0.3 is 14.8 Å². The second-order valence-corrected chi connectivity index (χ2v) is 9.91. The molecule has 1 aliphatic rings. The molecular formula is C27H36N6OS. The maximum absolute atomic E-state index is 12.7. The average molecular weight is 493 g/mol. The predicted octanol–water partition coefficient (Wildman–Crippen LogP) is 3.82. The van der Waals surface area contributed by atoms with Crippen molar-refractivity contribution in [1.82, 2.24) is 29.9 Å². The summed E-state index contributed by atoms with van der Waals surface area (Å²) >= 11 is 1.43. The monoisotopic (exact) mass is 492 g/mol. The van der Waals surface area contributed by atoms with E-state index in [1.807, 2.05) is 18.2 Å². The molecule has 2 aromatic carbocycles. The summed E-state index contributed by atoms with van der Waals surface area (Å²) in [6, 6.07) is 16.7. The lowest BCUT2D eigenvalue weighted by atomic mass is 10.1. The molecule has 1 amide bonds. The number of likely N-dealkylation sites (N-methyl/N-ethyl adjacent to an activating group) is 1. The maximum atomic E-state index is 12.7. The number of aryl methyl sites for hydroxylation is 1. The molecule has 7 nitrogen and oxygen atoms in total. The van der Waals surface area contributed by atoms with E-state index < -0.39 is 0 Å². The summed E-state index contributed by atoms with van der Waals surface area (Å²) in [6.07, 6.45) is 0. The molecule has 3 aromatic rings. The number of nitrogens with one attached hydrogen (secondary N) is 1. The van der Waals surface area contributed by atoms with Gasteiger partial charge in [-0.1, -0.05) is 66.7 Å². The highest BCUT2D eigenvalue weighted by Gasteiger charge is 2.17. The number of benzene rings is 2. The average Bonchev–Trinajstić information content (AvgIpc) is 3.30. The van der Waals surface area contributed by atoms with Gasteiger partial charge in [-0.3, -0.25) is 9.69 Å². The van der Waals surface area contributed by atoms with Crippen molar-refractivity contribution < 1.29 is 4.79 Å². The van der Waals surface area contributed by atoms with Crippen LogP contribution in [-0.2, 0) is 24.4 Å². The molecule has 2 heterocycles. The summed E-state index contributed by atoms with van der Waals surface area (Å²) in [6.45, 7) is 14.1. The molecule has 186 valence electrons. The number of hydrogen-bond acceptors (Lipinski definition) is 6. The SMILES string of the molecule is CCN1CCN(Cc2ccccc2CNC(=O)CSc2nnc(-c3cccc(C)c3)n2CC)CC1. The first kappa shape index (κ1) is 25.4. The second kappa shape index (κ2) is 12.3. The Bertz CT molecular complexity index is 1120. The second-order valence-electron chi connectivity index (χ2n) is 8.96. The number of thioether (sulfide) groups is 1. The topological polar surface area (TPSA) is 66.3 Å². The van der Waals surface area contributed by atoms with Crippen molar-refractivity contribution in [2.24, 2.45) is 0 Å². The van der Waals surface area contributed by atoms with Gasteiger partial charge >= 0.3 is 0 Å². The molecule has 1 saturated heterocycles. The third-order valence-electron chi connectivity index (χ3n) is 6.54. The van der Waals surface area contributed by atoms with Gasteiger partial charge in [-0.2, -0.15) is 0 Å². The molecular weight excluding hydrogens is 456 g/mol. The van der Waals surface area contributed by atoms with Crippen LogP contribution in [0.4, 0.5) is 0 Å². The van der Waals surface area contributed by atoms with Crippen molar-refractivity contribution >= 4 is 17.7 Å². The fourth-order valence-electron chi connectivity index (χ4n) is 4.44. The lowest BCUT2D eigenvalue weighted by Crippen LogP contribution is -2.45. The predicted molar refractivity (Wildman–Crippen MR) is 142 cm³/mol. The number of carbonyl (C=O) groups excluding carboxylic acids is 1. The van der Waals surface area contributed by atoms with Crippen molar-refractivity contribution in [2.75, 3.05) is 38.5 Å². The molecule has 1 aromatic heterocycles. The van der Waals surface area contributed by atoms with Crippen LogP contribution in [0.5, 0.6) is 0 Å². The van der Waals surface area contributed by atoms with Crippen molar-refractivity contribution in [3.05, 3.63) is 65.2 Å². The Morgan fingerprint density at radius 1 is 0.943 bits per heavy atom. The Hall–Kier alpha value is -2.68. The van der Waals surface area contributed by atoms with E-state index in [4.69, 9.17) is 0 Å². The van der Waals surface area contributed by atoms with E-state index in [1.165, 1.54) is 28.5 Å². The molecule has 35 heavy (non-hydrogen) atoms. The van der Waals surface area contributed by atoms with Gasteiger partial charge in [0.2, 0.25) is 5.91 Å². The zero-order chi connectivity index (χ0) is 24.6. The van der Waals surface area contributed by atoms with E-state index >= 15 is 0 Å². The van der Waals surface area contributed by atoms with E-state index in [0.717, 1.165) is 62.4 Å². The summed E-state index contributed by atoms with van der Waals surface area (Å²) in [5.74, 6) is 1.16. The van der Waals surface area contributed by atoms with E-state index in [2.05, 4.69) is 81.0 Å². The standard InChI is InChI=1S/C27H36N6OS/c1-4-31-13-15-32(16-14-31)19-24-11-7-6-10-23(24)18-28-25(34)20-35-27-30-29-26(33(27)5-2)22-12-8-9-21(3)17-22/h6-12,17H,4-5,13-16,18-20H2,1-3H3,(H,28,34). The summed E-state index contributed by atoms with van der Waals surface area (Å²) in [5, 5.41) is 12.6. The molecule has 8 heteroatoms. The molecule has 1 aliphatic heterocycles. The zero-order valence-electron chi connectivity index (χ0n) is 21.0. The minimum Gasteiger partial charge on any atom is -0.351 e. The van der Waals surface area contributed by atoms with Crippen LogP contribution in [0.3, 0.4) is 0 Å². The third kappa shape index (κ3) is 6.72. The van der Waals surface area contributed by atoms with Crippen LogP contribution in [0.15, 0.2) is 53.7 Å². The van der Waals surface area contributed by atoms with Crippen LogP contribution in [0, 0.1) is 6.92 Å². The van der Waals surface area contributed by atoms with Crippen LogP contribution in [0.1, 0.15) is 30.5 Å². The maximum Gasteiger partial charge on any atom is 0.230 e. The summed E-state index contributed by atoms with van der Waals surface area (Å²) in [5.41, 5.74) is 4.70. The number of piperazine rings is 1. The quantitative estimate of drug-likeness (QED) is 0.434. The Balaban J connectivity index is 1.31. The molecule has 1 N–H and O–H groups in total. The number of rotatable bonds is 10. The molecule has 4 rings (SSSR count). The van der Waals surface area contributed by atoms with E-state index in [0.29, 0.717) is 12.3 Å². The summed E-state index contributed by atoms with van der Waals surface area (Å²) in [7, 11) is 0. The highest BCUT2D eigenvalue weighted by Crippen LogP contribution is 2.24. The number of amides is 1. The third-order valence-corrected chi connectivity index (χ3v) is 7.51. The largest absolute Gasteiger partial charge is 0.351 e. The van der Waals surface area contributed by atoms with E-state index in [-0.39, 0.29) is 5.91 Å². The normalized spacial score (nSPS) is 14.8. The van der Waals surface area contributed by atoms with Crippen molar-refractivity contribution in [3.8, 4) is 11.4 Å². The van der Waals surface area contributed by atoms with Gasteiger partial charge in [0.15, 0.2) is 11.0 Å². The fraction of sp³-hybridized carbons (Fsp3) is 0.444. The van der Waals surface area contributed by atoms with Crippen LogP contribution in [0.25, 0.3) is 11.4 Å². The lowest BCUT2D eigenvalue weighted by molar-refractivity contribution is -0.118. The summed E-state index contributed by atoms with van der Waals surface area (Å²) < 4.78 is 2.07. The first-order chi connectivity index (χ1) is 17.1. The molecule has 0 atom stereocenters. The highest BCUT2D eigenvalue weighted by molar-refractivity contribution is 7.99. The molecule has 0 saturated carbocycles. The first-order valence-corrected chi connectivity index (χ1v) is 13.5. The van der Waals surface area contributed by atoms with Gasteiger partial charge in [-0.05, 0) is 37.6 Å². The molecule has 0 spiro atoms. The molecule has 0 unspecified atom stereocenters. The van der Waals surface area contributed by atoms with Crippen LogP contribution in [-0.4, -0.2) is 68.9 Å². The zero-order valence-corrected chi connectivity index (χ0v) is 21.9. The number of carbonyl (C=O) groups is 1. The first-order valence-electron chi connectivity index (χ1n) is 12.5. The van der Waals surface area contributed by atoms with Gasteiger partial charge in [0.25, 0.3) is 0 Å². The fourth-order valence-corrected chi connectivity index (χ4v) is 5.27. The molecule has 0 aliphatic carbocycles. The van der Waals surface area contributed by atoms with Crippen molar-refractivity contribution in [2.45, 2.75) is 45.6 Å². The minimum absolute atomic E-state index is 0.00382. The lowest BCUT2D eigenvalue weighted by Gasteiger charge is -2.34. The van der Waals surface area contributed by atoms with Crippen LogP contribution < -0.4 is 5.32 Å². The Labute approximate surface area is 212 Å². The highest BCUT2D eigenvalue weighted by atomic mass is 32.2. The van der Waals surface area contributed by atoms with Gasteiger partial charge in [0.05, 0.1) is 5.75 Å². The van der Waals surface area contributed by atoms with Gasteiger partial charge in [-0.15, -0.1) is 10.2 Å². The smallest absolute Gasteiger partial charge is 0.230 e. The van der Waals surface area contributed by atoms with Crippen molar-refractivity contribution in [3.63, 3.8) is 0 Å². The molecule has 0 radical (unpaired) electrons. The van der Waals surface area contributed by atoms with E-state index in [9.17, 15) is 4.79 Å². The van der Waals surface area contributed by atoms with E-state index in [1.54, 1.807) is 0 Å². The van der Waals surface area contributed by atoms with Gasteiger partial charge in [0.1, 0.15) is 0 Å². The Morgan fingerprint density at radius 2 is 1.69 bits per heavy atom. The number of nitrogens with zero attached hydrogens (tertiary/aromatic N) is 5. The van der Waals surface area contributed by atoms with Gasteiger partial charge in [0, 0.05) is 51.4 Å². The summed E-state index contributed by atoms with van der Waals surface area (Å²) in [4.78, 5) is 17.7. The van der Waals surface area contributed by atoms with Crippen LogP contribution >= 0.6 is 11.8 Å². The van der Waals surface area contributed by atoms with Crippen molar-refractivity contribution in [1.29, 1.82) is 0 Å². The number of aromatic nitrogens is 3. The van der Waals surface area contributed by atoms with Gasteiger partial charge in [-0.25, -0.2) is 0 Å². The molecule has 0 bridgehead atoms. The molecule has 1 fully saturated rings. The van der Waals surface area contributed by atoms with Crippen LogP contribution in [0.2, 0.25) is 0 Å². The minimum atomic E-state index is 0.00382. The Kier molecular flexibility index (Phi) is 8.95. The number of hydrogen-bond donors (Lipinski definition) is 1.